The van der Waals surface area contributed by atoms with Crippen LogP contribution in [0.3, 0.4) is 0 Å². The fraction of sp³-hybridized carbons (Fsp3) is 0.750. The van der Waals surface area contributed by atoms with E-state index < -0.39 is 0 Å². The van der Waals surface area contributed by atoms with E-state index in [1.54, 1.807) is 18.8 Å². The van der Waals surface area contributed by atoms with Crippen molar-refractivity contribution >= 4 is 28.7 Å². The predicted molar refractivity (Wildman–Crippen MR) is 107 cm³/mol. The molecule has 0 aliphatic heterocycles. The number of nitrogens with one attached hydrogen (secondary N) is 1. The number of carbonyl (C=O) groups excluding carboxylic acids is 1. The smallest absolute Gasteiger partial charge is 0.292 e. The van der Waals surface area contributed by atoms with Crippen LogP contribution in [0.2, 0.25) is 5.28 Å². The Bertz CT molecular complexity index is 965. The third-order valence-electron chi connectivity index (χ3n) is 7.60. The average molecular weight is 406 g/mol. The summed E-state index contributed by atoms with van der Waals surface area (Å²) < 4.78 is 4.62. The number of amides is 1. The third-order valence-corrected chi connectivity index (χ3v) is 7.89. The number of nitrogens with zero attached hydrogens (tertiary/aromatic N) is 4. The summed E-state index contributed by atoms with van der Waals surface area (Å²) in [5.41, 5.74) is 1.14. The molecule has 152 valence electrons. The van der Waals surface area contributed by atoms with Gasteiger partial charge in [0.25, 0.3) is 5.56 Å². The second-order valence-corrected chi connectivity index (χ2v) is 9.85. The van der Waals surface area contributed by atoms with E-state index in [-0.39, 0.29) is 23.3 Å². The SMILES string of the molecule is Cn1c(=O)c2c(nc(Cl)n2CC(=O)NCCC23CC4CC(CC(C4)C2)C3)n1C. The standard InChI is InChI=1S/C20H28ClN5O2/c1-24-17-16(18(28)25(24)2)26(19(21)23-17)11-15(27)22-4-3-20-8-12-5-13(9-20)7-14(6-12)10-20/h12-14H,3-11H2,1-2H3,(H,22,27). The van der Waals surface area contributed by atoms with Crippen LogP contribution in [0.4, 0.5) is 0 Å². The Morgan fingerprint density at radius 2 is 1.75 bits per heavy atom. The number of fused-ring (bicyclic) bond motifs is 1. The maximum Gasteiger partial charge on any atom is 0.292 e. The van der Waals surface area contributed by atoms with Crippen molar-refractivity contribution in [3.8, 4) is 0 Å². The van der Waals surface area contributed by atoms with Crippen LogP contribution in [0.5, 0.6) is 0 Å². The maximum absolute atomic E-state index is 12.6. The minimum absolute atomic E-state index is 0.0233. The number of carbonyl (C=O) groups is 1. The molecule has 0 atom stereocenters. The van der Waals surface area contributed by atoms with Crippen LogP contribution in [-0.4, -0.2) is 31.4 Å². The van der Waals surface area contributed by atoms with Crippen LogP contribution in [0, 0.1) is 23.2 Å². The Morgan fingerprint density at radius 3 is 2.36 bits per heavy atom. The zero-order valence-corrected chi connectivity index (χ0v) is 17.3. The van der Waals surface area contributed by atoms with Crippen LogP contribution in [-0.2, 0) is 25.4 Å². The molecule has 6 rings (SSSR count). The Labute approximate surface area is 169 Å². The molecule has 28 heavy (non-hydrogen) atoms. The van der Waals surface area contributed by atoms with Gasteiger partial charge in [0.05, 0.1) is 0 Å². The number of hydrogen-bond acceptors (Lipinski definition) is 3. The number of aromatic nitrogens is 4. The molecule has 4 aliphatic rings. The number of imidazole rings is 1. The van der Waals surface area contributed by atoms with Crippen LogP contribution < -0.4 is 10.9 Å². The minimum Gasteiger partial charge on any atom is -0.355 e. The molecule has 2 aromatic rings. The highest BCUT2D eigenvalue weighted by atomic mass is 35.5. The molecule has 4 saturated carbocycles. The fourth-order valence-electron chi connectivity index (χ4n) is 6.69. The summed E-state index contributed by atoms with van der Waals surface area (Å²) in [6.07, 6.45) is 9.43. The molecular formula is C20H28ClN5O2. The van der Waals surface area contributed by atoms with Gasteiger partial charge >= 0.3 is 0 Å². The second kappa shape index (κ2) is 6.37. The van der Waals surface area contributed by atoms with E-state index in [1.165, 1.54) is 47.8 Å². The van der Waals surface area contributed by atoms with Gasteiger partial charge in [-0.25, -0.2) is 0 Å². The first kappa shape index (κ1) is 18.3. The van der Waals surface area contributed by atoms with Gasteiger partial charge in [0.1, 0.15) is 6.54 Å². The highest BCUT2D eigenvalue weighted by molar-refractivity contribution is 6.29. The lowest BCUT2D eigenvalue weighted by molar-refractivity contribution is -0.122. The van der Waals surface area contributed by atoms with E-state index in [0.29, 0.717) is 23.1 Å². The molecule has 1 N–H and O–H groups in total. The van der Waals surface area contributed by atoms with Gasteiger partial charge < -0.3 is 5.32 Å². The molecule has 2 aromatic heterocycles. The molecule has 1 amide bonds. The number of hydrogen-bond donors (Lipinski definition) is 1. The summed E-state index contributed by atoms with van der Waals surface area (Å²) in [7, 11) is 3.43. The lowest BCUT2D eigenvalue weighted by atomic mass is 9.49. The van der Waals surface area contributed by atoms with Crippen molar-refractivity contribution in [3.05, 3.63) is 15.6 Å². The van der Waals surface area contributed by atoms with E-state index in [9.17, 15) is 9.59 Å². The summed E-state index contributed by atoms with van der Waals surface area (Å²) in [5, 5.41) is 3.24. The quantitative estimate of drug-likeness (QED) is 0.830. The average Bonchev–Trinajstić information content (AvgIpc) is 3.04. The highest BCUT2D eigenvalue weighted by Crippen LogP contribution is 2.61. The summed E-state index contributed by atoms with van der Waals surface area (Å²) in [4.78, 5) is 29.2. The summed E-state index contributed by atoms with van der Waals surface area (Å²) in [6, 6.07) is 0. The van der Waals surface area contributed by atoms with Gasteiger partial charge in [0.2, 0.25) is 11.2 Å². The second-order valence-electron chi connectivity index (χ2n) is 9.51. The van der Waals surface area contributed by atoms with Crippen LogP contribution in [0.15, 0.2) is 4.79 Å². The minimum atomic E-state index is -0.196. The Balaban J connectivity index is 1.24. The molecule has 0 aromatic carbocycles. The topological polar surface area (TPSA) is 73.8 Å². The summed E-state index contributed by atoms with van der Waals surface area (Å²) >= 11 is 6.20. The first-order valence-corrected chi connectivity index (χ1v) is 10.8. The Hall–Kier alpha value is -1.76. The number of rotatable bonds is 5. The van der Waals surface area contributed by atoms with Crippen molar-refractivity contribution in [3.63, 3.8) is 0 Å². The van der Waals surface area contributed by atoms with Gasteiger partial charge in [0, 0.05) is 20.6 Å². The molecule has 0 spiro atoms. The largest absolute Gasteiger partial charge is 0.355 e. The lowest BCUT2D eigenvalue weighted by Crippen LogP contribution is -2.47. The first-order chi connectivity index (χ1) is 13.3. The van der Waals surface area contributed by atoms with Crippen molar-refractivity contribution in [2.45, 2.75) is 51.5 Å². The Morgan fingerprint density at radius 1 is 1.14 bits per heavy atom. The summed E-state index contributed by atoms with van der Waals surface area (Å²) in [5.74, 6) is 2.66. The molecule has 0 unspecified atom stereocenters. The maximum atomic E-state index is 12.6. The van der Waals surface area contributed by atoms with Gasteiger partial charge in [-0.1, -0.05) is 0 Å². The van der Waals surface area contributed by atoms with Crippen LogP contribution >= 0.6 is 11.6 Å². The zero-order chi connectivity index (χ0) is 19.6. The first-order valence-electron chi connectivity index (χ1n) is 10.4. The molecule has 4 aliphatic carbocycles. The van der Waals surface area contributed by atoms with E-state index in [0.717, 1.165) is 24.2 Å². The van der Waals surface area contributed by atoms with E-state index >= 15 is 0 Å². The molecular weight excluding hydrogens is 378 g/mol. The van der Waals surface area contributed by atoms with Crippen LogP contribution in [0.1, 0.15) is 44.9 Å². The van der Waals surface area contributed by atoms with Gasteiger partial charge in [-0.15, -0.1) is 0 Å². The van der Waals surface area contributed by atoms with Crippen molar-refractivity contribution in [1.82, 2.24) is 24.2 Å². The molecule has 0 saturated heterocycles. The van der Waals surface area contributed by atoms with Crippen LogP contribution in [0.25, 0.3) is 11.2 Å². The van der Waals surface area contributed by atoms with Gasteiger partial charge in [-0.2, -0.15) is 4.98 Å². The van der Waals surface area contributed by atoms with Gasteiger partial charge in [-0.3, -0.25) is 23.5 Å². The normalized spacial score (nSPS) is 31.0. The monoisotopic (exact) mass is 405 g/mol. The third kappa shape index (κ3) is 2.81. The Kier molecular flexibility index (Phi) is 4.16. The number of aryl methyl sites for hydroxylation is 1. The van der Waals surface area contributed by atoms with Crippen molar-refractivity contribution in [1.29, 1.82) is 0 Å². The van der Waals surface area contributed by atoms with Gasteiger partial charge in [0.15, 0.2) is 11.2 Å². The van der Waals surface area contributed by atoms with Crippen molar-refractivity contribution in [2.24, 2.45) is 37.3 Å². The van der Waals surface area contributed by atoms with Crippen molar-refractivity contribution in [2.75, 3.05) is 6.54 Å². The highest BCUT2D eigenvalue weighted by Gasteiger charge is 2.50. The predicted octanol–water partition coefficient (Wildman–Crippen LogP) is 2.45. The molecule has 4 fully saturated rings. The zero-order valence-electron chi connectivity index (χ0n) is 16.6. The number of halogens is 1. The summed E-state index contributed by atoms with van der Waals surface area (Å²) in [6.45, 7) is 0.725. The fourth-order valence-corrected chi connectivity index (χ4v) is 6.91. The molecule has 4 bridgehead atoms. The van der Waals surface area contributed by atoms with E-state index in [1.807, 2.05) is 0 Å². The lowest BCUT2D eigenvalue weighted by Gasteiger charge is -2.57. The molecule has 7 nitrogen and oxygen atoms in total. The van der Waals surface area contributed by atoms with Crippen molar-refractivity contribution < 1.29 is 4.79 Å². The van der Waals surface area contributed by atoms with Gasteiger partial charge in [-0.05, 0) is 79.7 Å². The molecule has 0 radical (unpaired) electrons. The molecule has 8 heteroatoms. The molecule has 2 heterocycles. The van der Waals surface area contributed by atoms with E-state index in [4.69, 9.17) is 11.6 Å². The van der Waals surface area contributed by atoms with E-state index in [2.05, 4.69) is 10.3 Å².